The number of rotatable bonds is 1. The molecule has 5 N–H and O–H groups in total. The summed E-state index contributed by atoms with van der Waals surface area (Å²) < 4.78 is 35.6. The smallest absolute Gasteiger partial charge is 0.397 e. The molecule has 0 saturated carbocycles. The fourth-order valence-corrected chi connectivity index (χ4v) is 0.875. The number of benzene rings is 1. The minimum Gasteiger partial charge on any atom is -0.397 e. The molecule has 0 saturated heterocycles. The Hall–Kier alpha value is -1.59. The summed E-state index contributed by atoms with van der Waals surface area (Å²) in [7, 11) is 0. The topological polar surface area (TPSA) is 64.1 Å². The maximum Gasteiger partial charge on any atom is 0.482 e. The Labute approximate surface area is 72.5 Å². The molecule has 13 heavy (non-hydrogen) atoms. The quantitative estimate of drug-likeness (QED) is 0.468. The highest BCUT2D eigenvalue weighted by Crippen LogP contribution is 2.30. The molecule has 3 nitrogen and oxygen atoms in total. The number of hydrogen-bond acceptors (Lipinski definition) is 3. The van der Waals surface area contributed by atoms with Crippen LogP contribution in [0.25, 0.3) is 0 Å². The van der Waals surface area contributed by atoms with Crippen molar-refractivity contribution in [3.63, 3.8) is 0 Å². The zero-order valence-electron chi connectivity index (χ0n) is 6.52. The van der Waals surface area contributed by atoms with Gasteiger partial charge in [-0.15, -0.1) is 0 Å². The lowest BCUT2D eigenvalue weighted by Crippen LogP contribution is -2.22. The van der Waals surface area contributed by atoms with Gasteiger partial charge < -0.3 is 11.5 Å². The highest BCUT2D eigenvalue weighted by Gasteiger charge is 2.28. The van der Waals surface area contributed by atoms with Gasteiger partial charge in [-0.05, 0) is 12.1 Å². The molecular weight excluding hydrogens is 183 g/mol. The Kier molecular flexibility index (Phi) is 2.22. The molecule has 0 spiro atoms. The van der Waals surface area contributed by atoms with E-state index >= 15 is 0 Å². The van der Waals surface area contributed by atoms with Crippen LogP contribution in [-0.4, -0.2) is 6.30 Å². The molecule has 0 atom stereocenters. The summed E-state index contributed by atoms with van der Waals surface area (Å²) in [5.74, 6) is 0. The Morgan fingerprint density at radius 3 is 1.92 bits per heavy atom. The van der Waals surface area contributed by atoms with Gasteiger partial charge in [0.2, 0.25) is 0 Å². The third kappa shape index (κ3) is 2.43. The normalized spacial score (nSPS) is 11.3. The van der Waals surface area contributed by atoms with E-state index in [4.69, 9.17) is 11.5 Å². The van der Waals surface area contributed by atoms with Gasteiger partial charge in [0, 0.05) is 0 Å². The van der Waals surface area contributed by atoms with Crippen molar-refractivity contribution in [1.29, 1.82) is 0 Å². The second kappa shape index (κ2) is 3.04. The summed E-state index contributed by atoms with van der Waals surface area (Å²) in [6.07, 6.45) is -4.52. The van der Waals surface area contributed by atoms with Crippen LogP contribution in [0.2, 0.25) is 0 Å². The molecule has 1 aromatic rings. The molecule has 0 aliphatic rings. The second-order valence-electron chi connectivity index (χ2n) is 2.43. The van der Waals surface area contributed by atoms with Crippen molar-refractivity contribution < 1.29 is 13.2 Å². The van der Waals surface area contributed by atoms with E-state index in [1.54, 1.807) is 0 Å². The molecule has 1 rings (SSSR count). The minimum absolute atomic E-state index is 0.0303. The fraction of sp³-hybridized carbons (Fsp3) is 0.143. The lowest BCUT2D eigenvalue weighted by molar-refractivity contribution is -0.0998. The highest BCUT2D eigenvalue weighted by atomic mass is 19.4. The average Bonchev–Trinajstić information content (AvgIpc) is 1.95. The van der Waals surface area contributed by atoms with Gasteiger partial charge in [-0.2, -0.15) is 13.2 Å². The number of nitrogens with one attached hydrogen (secondary N) is 1. The molecule has 0 radical (unpaired) electrons. The van der Waals surface area contributed by atoms with E-state index in [0.717, 1.165) is 0 Å². The van der Waals surface area contributed by atoms with Crippen LogP contribution in [0, 0.1) is 0 Å². The number of hydrogen-bond donors (Lipinski definition) is 3. The Balaban J connectivity index is 3.00. The SMILES string of the molecule is Nc1cccc(N)c1NC(F)(F)F. The largest absolute Gasteiger partial charge is 0.482 e. The maximum absolute atomic E-state index is 11.9. The first kappa shape index (κ1) is 9.50. The molecule has 1 aromatic carbocycles. The molecule has 0 bridgehead atoms. The van der Waals surface area contributed by atoms with Crippen LogP contribution in [0.5, 0.6) is 0 Å². The summed E-state index contributed by atoms with van der Waals surface area (Å²) in [5, 5.41) is 1.27. The Bertz CT molecular complexity index is 288. The molecule has 0 aliphatic carbocycles. The van der Waals surface area contributed by atoms with Gasteiger partial charge in [0.25, 0.3) is 0 Å². The van der Waals surface area contributed by atoms with E-state index in [9.17, 15) is 13.2 Å². The van der Waals surface area contributed by atoms with Crippen LogP contribution >= 0.6 is 0 Å². The van der Waals surface area contributed by atoms with Crippen molar-refractivity contribution in [2.75, 3.05) is 16.8 Å². The molecule has 72 valence electrons. The first-order valence-corrected chi connectivity index (χ1v) is 3.39. The predicted octanol–water partition coefficient (Wildman–Crippen LogP) is 1.78. The number of nitrogens with two attached hydrogens (primary N) is 2. The lowest BCUT2D eigenvalue weighted by atomic mass is 10.2. The second-order valence-corrected chi connectivity index (χ2v) is 2.43. The third-order valence-electron chi connectivity index (χ3n) is 1.40. The van der Waals surface area contributed by atoms with E-state index < -0.39 is 6.30 Å². The summed E-state index contributed by atoms with van der Waals surface area (Å²) in [5.41, 5.74) is 10.2. The summed E-state index contributed by atoms with van der Waals surface area (Å²) in [4.78, 5) is 0. The van der Waals surface area contributed by atoms with E-state index in [-0.39, 0.29) is 17.1 Å². The maximum atomic E-state index is 11.9. The number of anilines is 3. The van der Waals surface area contributed by atoms with Crippen molar-refractivity contribution in [3.05, 3.63) is 18.2 Å². The van der Waals surface area contributed by atoms with Gasteiger partial charge in [0.05, 0.1) is 17.1 Å². The van der Waals surface area contributed by atoms with Crippen LogP contribution in [0.4, 0.5) is 30.2 Å². The number of para-hydroxylation sites is 1. The monoisotopic (exact) mass is 191 g/mol. The standard InChI is InChI=1S/C7H8F3N3/c8-7(9,10)13-6-4(11)2-1-3-5(6)12/h1-3,13H,11-12H2. The van der Waals surface area contributed by atoms with Crippen molar-refractivity contribution in [1.82, 2.24) is 0 Å². The average molecular weight is 191 g/mol. The molecule has 6 heteroatoms. The number of nitrogen functional groups attached to an aromatic ring is 2. The highest BCUT2D eigenvalue weighted by molar-refractivity contribution is 5.79. The summed E-state index contributed by atoms with van der Waals surface area (Å²) in [6.45, 7) is 0. The minimum atomic E-state index is -4.52. The van der Waals surface area contributed by atoms with E-state index in [0.29, 0.717) is 0 Å². The van der Waals surface area contributed by atoms with E-state index in [1.165, 1.54) is 23.5 Å². The van der Waals surface area contributed by atoms with Crippen LogP contribution in [0.15, 0.2) is 18.2 Å². The number of alkyl halides is 3. The van der Waals surface area contributed by atoms with Crippen LogP contribution in [0.1, 0.15) is 0 Å². The summed E-state index contributed by atoms with van der Waals surface area (Å²) >= 11 is 0. The molecule has 0 aromatic heterocycles. The molecule has 0 heterocycles. The van der Waals surface area contributed by atoms with Crippen LogP contribution in [0.3, 0.4) is 0 Å². The van der Waals surface area contributed by atoms with E-state index in [2.05, 4.69) is 0 Å². The Morgan fingerprint density at radius 2 is 1.54 bits per heavy atom. The Morgan fingerprint density at radius 1 is 1.08 bits per heavy atom. The van der Waals surface area contributed by atoms with Gasteiger partial charge >= 0.3 is 6.30 Å². The van der Waals surface area contributed by atoms with Gasteiger partial charge in [0.1, 0.15) is 0 Å². The van der Waals surface area contributed by atoms with Gasteiger partial charge in [-0.1, -0.05) is 6.07 Å². The van der Waals surface area contributed by atoms with Crippen molar-refractivity contribution in [2.45, 2.75) is 6.30 Å². The first-order chi connectivity index (χ1) is 5.90. The van der Waals surface area contributed by atoms with Crippen LogP contribution in [-0.2, 0) is 0 Å². The number of halogens is 3. The van der Waals surface area contributed by atoms with Crippen molar-refractivity contribution in [3.8, 4) is 0 Å². The molecular formula is C7H8F3N3. The van der Waals surface area contributed by atoms with Gasteiger partial charge in [0.15, 0.2) is 0 Å². The lowest BCUT2D eigenvalue weighted by Gasteiger charge is -2.13. The third-order valence-corrected chi connectivity index (χ3v) is 1.40. The first-order valence-electron chi connectivity index (χ1n) is 3.39. The molecule has 0 fully saturated rings. The van der Waals surface area contributed by atoms with Gasteiger partial charge in [-0.25, -0.2) is 0 Å². The van der Waals surface area contributed by atoms with Crippen molar-refractivity contribution >= 4 is 17.1 Å². The van der Waals surface area contributed by atoms with Gasteiger partial charge in [-0.3, -0.25) is 5.32 Å². The summed E-state index contributed by atoms with van der Waals surface area (Å²) in [6, 6.07) is 4.15. The predicted molar refractivity (Wildman–Crippen MR) is 44.9 cm³/mol. The molecule has 0 aliphatic heterocycles. The molecule has 0 unspecified atom stereocenters. The molecule has 0 amide bonds. The zero-order valence-corrected chi connectivity index (χ0v) is 6.52. The van der Waals surface area contributed by atoms with Crippen LogP contribution < -0.4 is 16.8 Å². The van der Waals surface area contributed by atoms with E-state index in [1.807, 2.05) is 0 Å². The van der Waals surface area contributed by atoms with Crippen molar-refractivity contribution in [2.24, 2.45) is 0 Å². The zero-order chi connectivity index (χ0) is 10.1. The fourth-order valence-electron chi connectivity index (χ4n) is 0.875.